The van der Waals surface area contributed by atoms with E-state index >= 15 is 0 Å². The number of rotatable bonds is 9. The van der Waals surface area contributed by atoms with Gasteiger partial charge in [0.05, 0.1) is 22.2 Å². The molecule has 0 aliphatic rings. The Bertz CT molecular complexity index is 1550. The Morgan fingerprint density at radius 1 is 1.14 bits per heavy atom. The molecule has 0 aliphatic heterocycles. The first-order valence-corrected chi connectivity index (χ1v) is 12.5. The van der Waals surface area contributed by atoms with Gasteiger partial charge in [0.1, 0.15) is 16.5 Å². The first-order valence-electron chi connectivity index (χ1n) is 10.4. The lowest BCUT2D eigenvalue weighted by Gasteiger charge is -2.13. The molecule has 0 radical (unpaired) electrons. The van der Waals surface area contributed by atoms with Gasteiger partial charge in [-0.1, -0.05) is 35.3 Å². The van der Waals surface area contributed by atoms with E-state index < -0.39 is 31.5 Å². The SMILES string of the molecule is CCOc1cc(/C=C(/C#N)C(=O)Nc2cc(Cl)ccc2Cl)ccc1OS(=O)(=O)c1cccc([N+](=O)[O-])c1. The largest absolute Gasteiger partial charge is 0.490 e. The monoisotopic (exact) mass is 561 g/mol. The molecule has 1 amide bonds. The fourth-order valence-electron chi connectivity index (χ4n) is 2.97. The van der Waals surface area contributed by atoms with Crippen LogP contribution in [0, 0.1) is 21.4 Å². The predicted octanol–water partition coefficient (Wildman–Crippen LogP) is 5.61. The van der Waals surface area contributed by atoms with Crippen molar-refractivity contribution in [2.75, 3.05) is 11.9 Å². The molecule has 0 saturated carbocycles. The molecule has 190 valence electrons. The van der Waals surface area contributed by atoms with Crippen molar-refractivity contribution in [1.82, 2.24) is 0 Å². The molecule has 3 rings (SSSR count). The van der Waals surface area contributed by atoms with Crippen LogP contribution in [-0.2, 0) is 14.9 Å². The number of nitrogens with zero attached hydrogens (tertiary/aromatic N) is 2. The Hall–Kier alpha value is -4.11. The predicted molar refractivity (Wildman–Crippen MR) is 137 cm³/mol. The number of nitrogens with one attached hydrogen (secondary N) is 1. The number of nitro benzene ring substituents is 1. The van der Waals surface area contributed by atoms with Crippen LogP contribution in [0.1, 0.15) is 12.5 Å². The maximum atomic E-state index is 12.7. The highest BCUT2D eigenvalue weighted by molar-refractivity contribution is 7.87. The summed E-state index contributed by atoms with van der Waals surface area (Å²) in [6.45, 7) is 1.80. The second-order valence-electron chi connectivity index (χ2n) is 7.18. The average Bonchev–Trinajstić information content (AvgIpc) is 2.86. The zero-order chi connectivity index (χ0) is 27.2. The van der Waals surface area contributed by atoms with Gasteiger partial charge in [-0.2, -0.15) is 13.7 Å². The number of anilines is 1. The van der Waals surface area contributed by atoms with Crippen LogP contribution in [-0.4, -0.2) is 25.9 Å². The Labute approximate surface area is 221 Å². The molecule has 3 aromatic carbocycles. The van der Waals surface area contributed by atoms with Crippen molar-refractivity contribution in [3.63, 3.8) is 0 Å². The Kier molecular flexibility index (Phi) is 8.73. The average molecular weight is 562 g/mol. The summed E-state index contributed by atoms with van der Waals surface area (Å²) >= 11 is 12.0. The molecule has 13 heteroatoms. The summed E-state index contributed by atoms with van der Waals surface area (Å²) in [6, 6.07) is 14.7. The van der Waals surface area contributed by atoms with Gasteiger partial charge in [-0.05, 0) is 55.0 Å². The van der Waals surface area contributed by atoms with Crippen molar-refractivity contribution in [3.8, 4) is 17.6 Å². The molecule has 0 heterocycles. The molecule has 0 bridgehead atoms. The number of hydrogen-bond donors (Lipinski definition) is 1. The second-order valence-corrected chi connectivity index (χ2v) is 9.57. The van der Waals surface area contributed by atoms with Crippen molar-refractivity contribution < 1.29 is 27.1 Å². The van der Waals surface area contributed by atoms with Crippen molar-refractivity contribution in [1.29, 1.82) is 5.26 Å². The van der Waals surface area contributed by atoms with Crippen LogP contribution in [0.3, 0.4) is 0 Å². The lowest BCUT2D eigenvalue weighted by molar-refractivity contribution is -0.385. The van der Waals surface area contributed by atoms with Crippen molar-refractivity contribution in [2.24, 2.45) is 0 Å². The zero-order valence-corrected chi connectivity index (χ0v) is 21.3. The number of hydrogen-bond acceptors (Lipinski definition) is 8. The molecule has 0 fully saturated rings. The standard InChI is InChI=1S/C24H17Cl2N3O7S/c1-2-35-23-11-15(10-16(14-27)24(30)28-21-12-17(25)7-8-20(21)26)6-9-22(23)36-37(33,34)19-5-3-4-18(13-19)29(31)32/h3-13H,2H2,1H3,(H,28,30)/b16-10-. The quantitative estimate of drug-likeness (QED) is 0.116. The number of halogens is 2. The second kappa shape index (κ2) is 11.7. The maximum Gasteiger partial charge on any atom is 0.339 e. The van der Waals surface area contributed by atoms with Crippen molar-refractivity contribution in [2.45, 2.75) is 11.8 Å². The van der Waals surface area contributed by atoms with E-state index in [0.29, 0.717) is 10.6 Å². The molecule has 3 aromatic rings. The number of nitro groups is 1. The van der Waals surface area contributed by atoms with Crippen LogP contribution in [0.15, 0.2) is 71.1 Å². The van der Waals surface area contributed by atoms with E-state index in [1.54, 1.807) is 19.1 Å². The van der Waals surface area contributed by atoms with Gasteiger partial charge in [-0.3, -0.25) is 14.9 Å². The third-order valence-electron chi connectivity index (χ3n) is 4.64. The van der Waals surface area contributed by atoms with E-state index in [1.165, 1.54) is 42.5 Å². The fraction of sp³-hybridized carbons (Fsp3) is 0.0833. The van der Waals surface area contributed by atoms with Gasteiger partial charge in [0, 0.05) is 17.2 Å². The summed E-state index contributed by atoms with van der Waals surface area (Å²) in [4.78, 5) is 22.5. The molecule has 10 nitrogen and oxygen atoms in total. The molecule has 0 aliphatic carbocycles. The lowest BCUT2D eigenvalue weighted by Crippen LogP contribution is -2.14. The van der Waals surface area contributed by atoms with Gasteiger partial charge >= 0.3 is 10.1 Å². The van der Waals surface area contributed by atoms with E-state index in [9.17, 15) is 28.6 Å². The maximum absolute atomic E-state index is 12.7. The van der Waals surface area contributed by atoms with Crippen LogP contribution >= 0.6 is 23.2 Å². The third-order valence-corrected chi connectivity index (χ3v) is 6.43. The van der Waals surface area contributed by atoms with Crippen molar-refractivity contribution >= 4 is 56.7 Å². The highest BCUT2D eigenvalue weighted by Crippen LogP contribution is 2.33. The summed E-state index contributed by atoms with van der Waals surface area (Å²) in [5.74, 6) is -0.946. The highest BCUT2D eigenvalue weighted by atomic mass is 35.5. The van der Waals surface area contributed by atoms with Gasteiger partial charge in [0.25, 0.3) is 11.6 Å². The normalized spacial score (nSPS) is 11.4. The Morgan fingerprint density at radius 2 is 1.89 bits per heavy atom. The lowest BCUT2D eigenvalue weighted by atomic mass is 10.1. The molecule has 0 saturated heterocycles. The number of ether oxygens (including phenoxy) is 1. The third kappa shape index (κ3) is 6.98. The van der Waals surface area contributed by atoms with Gasteiger partial charge in [-0.15, -0.1) is 0 Å². The molecule has 37 heavy (non-hydrogen) atoms. The zero-order valence-electron chi connectivity index (χ0n) is 19.0. The number of benzene rings is 3. The van der Waals surface area contributed by atoms with E-state index in [-0.39, 0.29) is 34.4 Å². The van der Waals surface area contributed by atoms with Crippen LogP contribution in [0.25, 0.3) is 6.08 Å². The molecule has 0 unspecified atom stereocenters. The van der Waals surface area contributed by atoms with Gasteiger partial charge < -0.3 is 14.2 Å². The highest BCUT2D eigenvalue weighted by Gasteiger charge is 2.22. The topological polar surface area (TPSA) is 149 Å². The van der Waals surface area contributed by atoms with E-state index in [0.717, 1.165) is 18.2 Å². The Balaban J connectivity index is 1.90. The number of non-ortho nitro benzene ring substituents is 1. The van der Waals surface area contributed by atoms with Gasteiger partial charge in [-0.25, -0.2) is 0 Å². The molecule has 0 aromatic heterocycles. The first kappa shape index (κ1) is 27.5. The number of carbonyl (C=O) groups is 1. The van der Waals surface area contributed by atoms with Gasteiger partial charge in [0.15, 0.2) is 11.5 Å². The summed E-state index contributed by atoms with van der Waals surface area (Å²) in [6.07, 6.45) is 1.26. The number of nitriles is 1. The van der Waals surface area contributed by atoms with Crippen LogP contribution in [0.2, 0.25) is 10.0 Å². The molecule has 0 spiro atoms. The molecular formula is C24H17Cl2N3O7S. The minimum atomic E-state index is -4.45. The van der Waals surface area contributed by atoms with Crippen LogP contribution < -0.4 is 14.2 Å². The van der Waals surface area contributed by atoms with Crippen molar-refractivity contribution in [3.05, 3.63) is 92.0 Å². The number of amides is 1. The summed E-state index contributed by atoms with van der Waals surface area (Å²) in [7, 11) is -4.45. The molecule has 0 atom stereocenters. The van der Waals surface area contributed by atoms with Crippen LogP contribution in [0.4, 0.5) is 11.4 Å². The van der Waals surface area contributed by atoms with Gasteiger partial charge in [0.2, 0.25) is 0 Å². The van der Waals surface area contributed by atoms with E-state index in [4.69, 9.17) is 32.1 Å². The van der Waals surface area contributed by atoms with Crippen LogP contribution in [0.5, 0.6) is 11.5 Å². The van der Waals surface area contributed by atoms with E-state index in [2.05, 4.69) is 5.32 Å². The Morgan fingerprint density at radius 3 is 2.57 bits per heavy atom. The van der Waals surface area contributed by atoms with E-state index in [1.807, 2.05) is 0 Å². The minimum Gasteiger partial charge on any atom is -0.490 e. The first-order chi connectivity index (χ1) is 17.5. The molecular weight excluding hydrogens is 545 g/mol. The molecule has 1 N–H and O–H groups in total. The minimum absolute atomic E-state index is 0.000777. The summed E-state index contributed by atoms with van der Waals surface area (Å²) in [5, 5.41) is 23.6. The fourth-order valence-corrected chi connectivity index (χ4v) is 4.29. The number of carbonyl (C=O) groups excluding carboxylic acids is 1. The smallest absolute Gasteiger partial charge is 0.339 e. The summed E-state index contributed by atoms with van der Waals surface area (Å²) in [5.41, 5.74) is -0.161. The summed E-state index contributed by atoms with van der Waals surface area (Å²) < 4.78 is 36.1.